The SMILES string of the molecule is CC(C)(F)Cn1cc(Nc2cc(-c3cnc4cc(C#N)cnn34)ncc2C(=O)NC[C@@H](F)C(C)(C)F)cn1. The van der Waals surface area contributed by atoms with Gasteiger partial charge in [0.25, 0.3) is 5.91 Å². The summed E-state index contributed by atoms with van der Waals surface area (Å²) in [6, 6.07) is 5.14. The lowest BCUT2D eigenvalue weighted by molar-refractivity contribution is 0.0759. The number of halogens is 3. The molecule has 13 heteroatoms. The Morgan fingerprint density at radius 1 is 1.11 bits per heavy atom. The molecule has 0 aliphatic heterocycles. The normalized spacial score (nSPS) is 12.8. The zero-order valence-electron chi connectivity index (χ0n) is 21.2. The summed E-state index contributed by atoms with van der Waals surface area (Å²) in [7, 11) is 0. The summed E-state index contributed by atoms with van der Waals surface area (Å²) >= 11 is 0. The van der Waals surface area contributed by atoms with Gasteiger partial charge >= 0.3 is 0 Å². The molecular weight excluding hydrogens is 499 g/mol. The van der Waals surface area contributed by atoms with Crippen LogP contribution in [0.4, 0.5) is 24.5 Å². The summed E-state index contributed by atoms with van der Waals surface area (Å²) in [5, 5.41) is 23.0. The standard InChI is InChI=1S/C25H26F3N9O/c1-24(2,27)14-36-13-16(9-33-36)35-18-6-19(20-11-31-22-5-15(7-29)8-34-37(20)22)30-10-17(18)23(38)32-12-21(26)25(3,4)28/h5-6,8-11,13,21H,12,14H2,1-4H3,(H,30,35)(H,32,38)/t21-/m1/s1. The van der Waals surface area contributed by atoms with Crippen molar-refractivity contribution in [3.63, 3.8) is 0 Å². The van der Waals surface area contributed by atoms with Crippen molar-refractivity contribution < 1.29 is 18.0 Å². The molecule has 10 nitrogen and oxygen atoms in total. The van der Waals surface area contributed by atoms with E-state index in [-0.39, 0.29) is 17.8 Å². The van der Waals surface area contributed by atoms with Gasteiger partial charge < -0.3 is 10.6 Å². The number of anilines is 2. The van der Waals surface area contributed by atoms with Gasteiger partial charge in [-0.2, -0.15) is 15.5 Å². The zero-order valence-corrected chi connectivity index (χ0v) is 21.2. The third-order valence-corrected chi connectivity index (χ3v) is 5.54. The average molecular weight is 526 g/mol. The molecule has 38 heavy (non-hydrogen) atoms. The van der Waals surface area contributed by atoms with Crippen molar-refractivity contribution in [3.05, 3.63) is 54.2 Å². The van der Waals surface area contributed by atoms with Gasteiger partial charge in [0.15, 0.2) is 11.8 Å². The number of aromatic nitrogens is 6. The van der Waals surface area contributed by atoms with E-state index in [0.717, 1.165) is 13.8 Å². The third kappa shape index (κ3) is 6.08. The van der Waals surface area contributed by atoms with Crippen LogP contribution in [-0.2, 0) is 6.54 Å². The van der Waals surface area contributed by atoms with E-state index < -0.39 is 30.0 Å². The van der Waals surface area contributed by atoms with Gasteiger partial charge in [0.05, 0.1) is 59.9 Å². The van der Waals surface area contributed by atoms with Crippen molar-refractivity contribution in [2.24, 2.45) is 0 Å². The Balaban J connectivity index is 1.69. The summed E-state index contributed by atoms with van der Waals surface area (Å²) in [6.45, 7) is 4.52. The molecule has 1 atom stereocenters. The van der Waals surface area contributed by atoms with Gasteiger partial charge in [-0.25, -0.2) is 22.7 Å². The molecule has 2 N–H and O–H groups in total. The maximum absolute atomic E-state index is 14.1. The summed E-state index contributed by atoms with van der Waals surface area (Å²) in [4.78, 5) is 21.6. The Bertz CT molecular complexity index is 1510. The van der Waals surface area contributed by atoms with Gasteiger partial charge in [0.2, 0.25) is 0 Å². The monoisotopic (exact) mass is 525 g/mol. The first-order valence-electron chi connectivity index (χ1n) is 11.7. The van der Waals surface area contributed by atoms with E-state index in [1.54, 1.807) is 18.3 Å². The molecule has 0 aliphatic rings. The Kier molecular flexibility index (Phi) is 7.08. The molecule has 4 aromatic heterocycles. The average Bonchev–Trinajstić information content (AvgIpc) is 3.46. The fourth-order valence-electron chi connectivity index (χ4n) is 3.57. The predicted octanol–water partition coefficient (Wildman–Crippen LogP) is 4.17. The van der Waals surface area contributed by atoms with Crippen LogP contribution in [0.1, 0.15) is 43.6 Å². The molecule has 0 saturated heterocycles. The fourth-order valence-corrected chi connectivity index (χ4v) is 3.57. The van der Waals surface area contributed by atoms with Crippen LogP contribution in [0, 0.1) is 11.3 Å². The highest BCUT2D eigenvalue weighted by atomic mass is 19.2. The molecule has 4 rings (SSSR count). The van der Waals surface area contributed by atoms with Gasteiger partial charge in [-0.3, -0.25) is 14.5 Å². The highest BCUT2D eigenvalue weighted by Crippen LogP contribution is 2.27. The number of pyridine rings is 1. The smallest absolute Gasteiger partial charge is 0.255 e. The van der Waals surface area contributed by atoms with Crippen LogP contribution in [0.3, 0.4) is 0 Å². The number of alkyl halides is 3. The Morgan fingerprint density at radius 3 is 2.55 bits per heavy atom. The number of hydrogen-bond donors (Lipinski definition) is 2. The highest BCUT2D eigenvalue weighted by Gasteiger charge is 2.29. The topological polar surface area (TPSA) is 126 Å². The number of hydrogen-bond acceptors (Lipinski definition) is 7. The van der Waals surface area contributed by atoms with Gasteiger partial charge in [0, 0.05) is 18.5 Å². The van der Waals surface area contributed by atoms with E-state index >= 15 is 0 Å². The lowest BCUT2D eigenvalue weighted by atomic mass is 10.1. The summed E-state index contributed by atoms with van der Waals surface area (Å²) in [5.74, 6) is -0.675. The maximum atomic E-state index is 14.1. The number of nitrogens with one attached hydrogen (secondary N) is 2. The number of carbonyl (C=O) groups excluding carboxylic acids is 1. The first kappa shape index (κ1) is 26.6. The van der Waals surface area contributed by atoms with Crippen molar-refractivity contribution in [3.8, 4) is 17.5 Å². The first-order chi connectivity index (χ1) is 17.8. The molecule has 0 aliphatic carbocycles. The summed E-state index contributed by atoms with van der Waals surface area (Å²) in [5.41, 5.74) is -1.18. The van der Waals surface area contributed by atoms with Crippen molar-refractivity contribution in [1.29, 1.82) is 5.26 Å². The van der Waals surface area contributed by atoms with Gasteiger partial charge in [-0.1, -0.05) is 0 Å². The number of carbonyl (C=O) groups is 1. The van der Waals surface area contributed by atoms with Crippen LogP contribution in [-0.4, -0.2) is 59.3 Å². The van der Waals surface area contributed by atoms with Crippen LogP contribution >= 0.6 is 0 Å². The second-order valence-electron chi connectivity index (χ2n) is 9.90. The molecule has 0 bridgehead atoms. The van der Waals surface area contributed by atoms with Crippen LogP contribution in [0.2, 0.25) is 0 Å². The fraction of sp³-hybridized carbons (Fsp3) is 0.360. The van der Waals surface area contributed by atoms with Crippen LogP contribution in [0.25, 0.3) is 17.0 Å². The van der Waals surface area contributed by atoms with Gasteiger partial charge in [0.1, 0.15) is 23.1 Å². The summed E-state index contributed by atoms with van der Waals surface area (Å²) < 4.78 is 45.0. The molecule has 0 spiro atoms. The molecule has 198 valence electrons. The Hall–Kier alpha value is -4.47. The lowest BCUT2D eigenvalue weighted by Gasteiger charge is -2.20. The van der Waals surface area contributed by atoms with E-state index in [0.29, 0.717) is 28.3 Å². The van der Waals surface area contributed by atoms with E-state index in [1.807, 2.05) is 6.07 Å². The minimum atomic E-state index is -2.13. The number of nitriles is 1. The predicted molar refractivity (Wildman–Crippen MR) is 134 cm³/mol. The molecular formula is C25H26F3N9O. The van der Waals surface area contributed by atoms with E-state index in [9.17, 15) is 18.0 Å². The summed E-state index contributed by atoms with van der Waals surface area (Å²) in [6.07, 6.45) is 5.33. The molecule has 1 amide bonds. The second kappa shape index (κ2) is 10.1. The minimum absolute atomic E-state index is 0.0126. The third-order valence-electron chi connectivity index (χ3n) is 5.54. The van der Waals surface area contributed by atoms with E-state index in [2.05, 4.69) is 30.8 Å². The number of imidazole rings is 1. The molecule has 4 heterocycles. The van der Waals surface area contributed by atoms with Crippen molar-refractivity contribution in [2.75, 3.05) is 11.9 Å². The lowest BCUT2D eigenvalue weighted by Crippen LogP contribution is -2.39. The number of amides is 1. The number of rotatable bonds is 9. The molecule has 4 aromatic rings. The Morgan fingerprint density at radius 2 is 1.87 bits per heavy atom. The molecule has 0 unspecified atom stereocenters. The zero-order chi connectivity index (χ0) is 27.7. The number of fused-ring (bicyclic) bond motifs is 1. The Labute approximate surface area is 216 Å². The largest absolute Gasteiger partial charge is 0.352 e. The highest BCUT2D eigenvalue weighted by molar-refractivity contribution is 6.00. The van der Waals surface area contributed by atoms with Crippen LogP contribution < -0.4 is 10.6 Å². The maximum Gasteiger partial charge on any atom is 0.255 e. The quantitative estimate of drug-likeness (QED) is 0.336. The van der Waals surface area contributed by atoms with Gasteiger partial charge in [-0.05, 0) is 33.8 Å². The number of nitrogens with zero attached hydrogens (tertiary/aromatic N) is 7. The molecule has 0 saturated carbocycles. The van der Waals surface area contributed by atoms with Crippen LogP contribution in [0.15, 0.2) is 43.1 Å². The van der Waals surface area contributed by atoms with E-state index in [4.69, 9.17) is 5.26 Å². The van der Waals surface area contributed by atoms with E-state index in [1.165, 1.54) is 47.8 Å². The first-order valence-corrected chi connectivity index (χ1v) is 11.7. The molecule has 0 aromatic carbocycles. The minimum Gasteiger partial charge on any atom is -0.352 e. The van der Waals surface area contributed by atoms with Crippen molar-refractivity contribution >= 4 is 22.9 Å². The molecule has 0 radical (unpaired) electrons. The molecule has 0 fully saturated rings. The van der Waals surface area contributed by atoms with Crippen molar-refractivity contribution in [1.82, 2.24) is 34.7 Å². The second-order valence-corrected chi connectivity index (χ2v) is 9.90. The van der Waals surface area contributed by atoms with Gasteiger partial charge in [-0.15, -0.1) is 0 Å². The van der Waals surface area contributed by atoms with Crippen LogP contribution in [0.5, 0.6) is 0 Å². The van der Waals surface area contributed by atoms with Crippen molar-refractivity contribution in [2.45, 2.75) is 51.7 Å².